The van der Waals surface area contributed by atoms with Crippen molar-refractivity contribution in [3.63, 3.8) is 0 Å². The molecule has 1 rings (SSSR count). The highest BCUT2D eigenvalue weighted by Crippen LogP contribution is 2.11. The summed E-state index contributed by atoms with van der Waals surface area (Å²) in [5, 5.41) is 17.4. The number of aliphatic hydroxyl groups is 1. The first-order valence-electron chi connectivity index (χ1n) is 5.36. The Kier molecular flexibility index (Phi) is 4.71. The Bertz CT molecular complexity index is 285. The topological polar surface area (TPSA) is 54.2 Å². The number of aromatic nitrogens is 3. The smallest absolute Gasteiger partial charge is 0.111 e. The first kappa shape index (κ1) is 12.1. The molecule has 1 unspecified atom stereocenters. The molecule has 1 heterocycles. The van der Waals surface area contributed by atoms with Gasteiger partial charge in [0.05, 0.1) is 12.3 Å². The van der Waals surface area contributed by atoms with Gasteiger partial charge in [0, 0.05) is 6.54 Å². The molecule has 0 aromatic carbocycles. The van der Waals surface area contributed by atoms with Gasteiger partial charge in [-0.15, -0.1) is 5.10 Å². The summed E-state index contributed by atoms with van der Waals surface area (Å²) in [6.45, 7) is 3.81. The van der Waals surface area contributed by atoms with Crippen LogP contribution in [0.1, 0.15) is 31.6 Å². The van der Waals surface area contributed by atoms with E-state index >= 15 is 0 Å². The molecule has 0 aliphatic rings. The SMILES string of the molecule is CCC(O)c1cn(CCCN(C)C)nn1. The van der Waals surface area contributed by atoms with Crippen molar-refractivity contribution in [2.45, 2.75) is 32.4 Å². The molecule has 0 saturated heterocycles. The summed E-state index contributed by atoms with van der Waals surface area (Å²) in [7, 11) is 4.10. The molecule has 0 bridgehead atoms. The fraction of sp³-hybridized carbons (Fsp3) is 0.800. The molecule has 0 amide bonds. The molecule has 0 spiro atoms. The zero-order valence-electron chi connectivity index (χ0n) is 9.72. The van der Waals surface area contributed by atoms with Crippen LogP contribution in [-0.2, 0) is 6.54 Å². The predicted molar refractivity (Wildman–Crippen MR) is 58.4 cm³/mol. The normalized spacial score (nSPS) is 13.4. The molecule has 1 aromatic rings. The van der Waals surface area contributed by atoms with Crippen LogP contribution in [0.15, 0.2) is 6.20 Å². The number of rotatable bonds is 6. The molecule has 1 aromatic heterocycles. The van der Waals surface area contributed by atoms with Crippen LogP contribution in [0.3, 0.4) is 0 Å². The van der Waals surface area contributed by atoms with Crippen LogP contribution in [0.2, 0.25) is 0 Å². The van der Waals surface area contributed by atoms with Crippen molar-refractivity contribution >= 4 is 0 Å². The highest BCUT2D eigenvalue weighted by Gasteiger charge is 2.09. The molecular weight excluding hydrogens is 192 g/mol. The van der Waals surface area contributed by atoms with Gasteiger partial charge in [-0.25, -0.2) is 0 Å². The first-order chi connectivity index (χ1) is 7.13. The van der Waals surface area contributed by atoms with E-state index in [0.717, 1.165) is 19.5 Å². The largest absolute Gasteiger partial charge is 0.387 e. The molecule has 5 nitrogen and oxygen atoms in total. The van der Waals surface area contributed by atoms with Crippen molar-refractivity contribution < 1.29 is 5.11 Å². The third kappa shape index (κ3) is 3.97. The lowest BCUT2D eigenvalue weighted by Crippen LogP contribution is -2.15. The molecule has 86 valence electrons. The van der Waals surface area contributed by atoms with Gasteiger partial charge in [-0.1, -0.05) is 12.1 Å². The van der Waals surface area contributed by atoms with E-state index < -0.39 is 6.10 Å². The molecular formula is C10H20N4O. The van der Waals surface area contributed by atoms with E-state index in [0.29, 0.717) is 12.1 Å². The van der Waals surface area contributed by atoms with Gasteiger partial charge in [0.1, 0.15) is 5.69 Å². The van der Waals surface area contributed by atoms with Gasteiger partial charge in [0.2, 0.25) is 0 Å². The zero-order valence-corrected chi connectivity index (χ0v) is 9.72. The van der Waals surface area contributed by atoms with Gasteiger partial charge < -0.3 is 10.0 Å². The molecule has 0 aliphatic heterocycles. The maximum Gasteiger partial charge on any atom is 0.111 e. The van der Waals surface area contributed by atoms with Crippen LogP contribution >= 0.6 is 0 Å². The molecule has 0 aliphatic carbocycles. The average Bonchev–Trinajstić information content (AvgIpc) is 2.65. The van der Waals surface area contributed by atoms with E-state index in [1.807, 2.05) is 27.2 Å². The number of nitrogens with zero attached hydrogens (tertiary/aromatic N) is 4. The quantitative estimate of drug-likeness (QED) is 0.753. The Morgan fingerprint density at radius 2 is 2.27 bits per heavy atom. The lowest BCUT2D eigenvalue weighted by atomic mass is 10.2. The number of aliphatic hydroxyl groups excluding tert-OH is 1. The van der Waals surface area contributed by atoms with Gasteiger partial charge in [0.15, 0.2) is 0 Å². The summed E-state index contributed by atoms with van der Waals surface area (Å²) in [6.07, 6.45) is 3.06. The highest BCUT2D eigenvalue weighted by atomic mass is 16.3. The van der Waals surface area contributed by atoms with Gasteiger partial charge in [-0.2, -0.15) is 0 Å². The number of hydrogen-bond acceptors (Lipinski definition) is 4. The van der Waals surface area contributed by atoms with E-state index in [2.05, 4.69) is 15.2 Å². The van der Waals surface area contributed by atoms with Crippen molar-refractivity contribution in [3.05, 3.63) is 11.9 Å². The van der Waals surface area contributed by atoms with Crippen LogP contribution in [-0.4, -0.2) is 45.6 Å². The zero-order chi connectivity index (χ0) is 11.3. The third-order valence-corrected chi connectivity index (χ3v) is 2.28. The highest BCUT2D eigenvalue weighted by molar-refractivity contribution is 4.96. The van der Waals surface area contributed by atoms with Crippen molar-refractivity contribution in [2.24, 2.45) is 0 Å². The molecule has 1 atom stereocenters. The maximum absolute atomic E-state index is 9.53. The number of hydrogen-bond donors (Lipinski definition) is 1. The minimum atomic E-state index is -0.479. The average molecular weight is 212 g/mol. The van der Waals surface area contributed by atoms with Gasteiger partial charge in [-0.3, -0.25) is 4.68 Å². The lowest BCUT2D eigenvalue weighted by Gasteiger charge is -2.08. The minimum absolute atomic E-state index is 0.479. The summed E-state index contributed by atoms with van der Waals surface area (Å²) in [5.41, 5.74) is 0.669. The van der Waals surface area contributed by atoms with Crippen LogP contribution in [0.4, 0.5) is 0 Å². The predicted octanol–water partition coefficient (Wildman–Crippen LogP) is 0.673. The minimum Gasteiger partial charge on any atom is -0.387 e. The van der Waals surface area contributed by atoms with E-state index in [-0.39, 0.29) is 0 Å². The van der Waals surface area contributed by atoms with Crippen LogP contribution in [0.5, 0.6) is 0 Å². The lowest BCUT2D eigenvalue weighted by molar-refractivity contribution is 0.168. The van der Waals surface area contributed by atoms with E-state index in [9.17, 15) is 5.11 Å². The van der Waals surface area contributed by atoms with Crippen molar-refractivity contribution in [1.82, 2.24) is 19.9 Å². The maximum atomic E-state index is 9.53. The molecule has 1 N–H and O–H groups in total. The Morgan fingerprint density at radius 3 is 2.87 bits per heavy atom. The number of aryl methyl sites for hydroxylation is 1. The summed E-state index contributed by atoms with van der Waals surface area (Å²) < 4.78 is 1.79. The van der Waals surface area contributed by atoms with Crippen molar-refractivity contribution in [1.29, 1.82) is 0 Å². The van der Waals surface area contributed by atoms with Crippen molar-refractivity contribution in [3.8, 4) is 0 Å². The van der Waals surface area contributed by atoms with Crippen LogP contribution < -0.4 is 0 Å². The van der Waals surface area contributed by atoms with Gasteiger partial charge in [0.25, 0.3) is 0 Å². The van der Waals surface area contributed by atoms with Crippen LogP contribution in [0, 0.1) is 0 Å². The van der Waals surface area contributed by atoms with E-state index in [1.54, 1.807) is 4.68 Å². The summed E-state index contributed by atoms with van der Waals surface area (Å²) in [6, 6.07) is 0. The Morgan fingerprint density at radius 1 is 1.53 bits per heavy atom. The third-order valence-electron chi connectivity index (χ3n) is 2.28. The second-order valence-electron chi connectivity index (χ2n) is 3.99. The Hall–Kier alpha value is -0.940. The summed E-state index contributed by atoms with van der Waals surface area (Å²) >= 11 is 0. The molecule has 0 fully saturated rings. The summed E-state index contributed by atoms with van der Waals surface area (Å²) in [4.78, 5) is 2.14. The summed E-state index contributed by atoms with van der Waals surface area (Å²) in [5.74, 6) is 0. The Balaban J connectivity index is 2.39. The Labute approximate surface area is 90.7 Å². The second-order valence-corrected chi connectivity index (χ2v) is 3.99. The van der Waals surface area contributed by atoms with Crippen molar-refractivity contribution in [2.75, 3.05) is 20.6 Å². The molecule has 15 heavy (non-hydrogen) atoms. The molecule has 5 heteroatoms. The van der Waals surface area contributed by atoms with E-state index in [4.69, 9.17) is 0 Å². The van der Waals surface area contributed by atoms with Gasteiger partial charge in [-0.05, 0) is 33.5 Å². The molecule has 0 radical (unpaired) electrons. The van der Waals surface area contributed by atoms with Crippen LogP contribution in [0.25, 0.3) is 0 Å². The fourth-order valence-electron chi connectivity index (χ4n) is 1.33. The van der Waals surface area contributed by atoms with Gasteiger partial charge >= 0.3 is 0 Å². The monoisotopic (exact) mass is 212 g/mol. The first-order valence-corrected chi connectivity index (χ1v) is 5.36. The molecule has 0 saturated carbocycles. The fourth-order valence-corrected chi connectivity index (χ4v) is 1.33. The standard InChI is InChI=1S/C10H20N4O/c1-4-10(15)9-8-14(12-11-9)7-5-6-13(2)3/h8,10,15H,4-7H2,1-3H3. The van der Waals surface area contributed by atoms with E-state index in [1.165, 1.54) is 0 Å². The second kappa shape index (κ2) is 5.82.